The lowest BCUT2D eigenvalue weighted by Gasteiger charge is -2.28. The number of rotatable bonds is 5. The van der Waals surface area contributed by atoms with Crippen LogP contribution in [-0.4, -0.2) is 30.6 Å². The van der Waals surface area contributed by atoms with Gasteiger partial charge in [0.15, 0.2) is 5.82 Å². The summed E-state index contributed by atoms with van der Waals surface area (Å²) in [5, 5.41) is 22.7. The minimum Gasteiger partial charge on any atom is -0.328 e. The molecule has 2 N–H and O–H groups in total. The molecule has 1 amide bonds. The van der Waals surface area contributed by atoms with Crippen LogP contribution in [0.25, 0.3) is 11.4 Å². The van der Waals surface area contributed by atoms with E-state index in [9.17, 15) is 14.9 Å². The van der Waals surface area contributed by atoms with Gasteiger partial charge < -0.3 is 10.6 Å². The van der Waals surface area contributed by atoms with Gasteiger partial charge in [-0.2, -0.15) is 4.98 Å². The molecule has 1 aliphatic rings. The van der Waals surface area contributed by atoms with Gasteiger partial charge in [0.1, 0.15) is 6.04 Å². The molecule has 10 nitrogen and oxygen atoms in total. The normalized spacial score (nSPS) is 14.7. The van der Waals surface area contributed by atoms with E-state index in [1.165, 1.54) is 18.3 Å². The lowest BCUT2D eigenvalue weighted by Crippen LogP contribution is -2.31. The molecule has 0 bridgehead atoms. The van der Waals surface area contributed by atoms with Crippen LogP contribution in [0.1, 0.15) is 18.5 Å². The van der Waals surface area contributed by atoms with Crippen molar-refractivity contribution in [3.63, 3.8) is 0 Å². The van der Waals surface area contributed by atoms with Gasteiger partial charge in [-0.05, 0) is 55.0 Å². The lowest BCUT2D eigenvalue weighted by atomic mass is 9.95. The van der Waals surface area contributed by atoms with Crippen LogP contribution >= 0.6 is 23.2 Å². The predicted octanol–water partition coefficient (Wildman–Crippen LogP) is 5.48. The summed E-state index contributed by atoms with van der Waals surface area (Å²) in [5.41, 5.74) is 2.53. The van der Waals surface area contributed by atoms with Gasteiger partial charge in [0.2, 0.25) is 5.95 Å². The number of pyridine rings is 1. The number of hydrogen-bond donors (Lipinski definition) is 2. The number of carbonyl (C=O) groups is 1. The molecule has 2 aromatic heterocycles. The topological polar surface area (TPSA) is 128 Å². The average Bonchev–Trinajstić information content (AvgIpc) is 3.27. The number of nitrogens with one attached hydrogen (secondary N) is 2. The number of aromatic nitrogens is 4. The van der Waals surface area contributed by atoms with Gasteiger partial charge in [0, 0.05) is 34.6 Å². The highest BCUT2D eigenvalue weighted by molar-refractivity contribution is 6.36. The maximum Gasteiger partial charge on any atom is 0.269 e. The average molecular weight is 522 g/mol. The van der Waals surface area contributed by atoms with Gasteiger partial charge in [-0.25, -0.2) is 4.68 Å². The van der Waals surface area contributed by atoms with Crippen molar-refractivity contribution in [2.45, 2.75) is 13.0 Å². The van der Waals surface area contributed by atoms with Crippen LogP contribution in [0.5, 0.6) is 0 Å². The zero-order chi connectivity index (χ0) is 25.4. The largest absolute Gasteiger partial charge is 0.328 e. The third kappa shape index (κ3) is 4.39. The zero-order valence-electron chi connectivity index (χ0n) is 18.6. The third-order valence-electron chi connectivity index (χ3n) is 5.61. The number of amides is 1. The van der Waals surface area contributed by atoms with E-state index in [1.54, 1.807) is 60.3 Å². The summed E-state index contributed by atoms with van der Waals surface area (Å²) in [6, 6.07) is 13.7. The second-order valence-corrected chi connectivity index (χ2v) is 8.78. The second kappa shape index (κ2) is 9.40. The molecule has 36 heavy (non-hydrogen) atoms. The highest BCUT2D eigenvalue weighted by atomic mass is 35.5. The highest BCUT2D eigenvalue weighted by Gasteiger charge is 2.35. The highest BCUT2D eigenvalue weighted by Crippen LogP contribution is 2.38. The van der Waals surface area contributed by atoms with E-state index in [2.05, 4.69) is 25.7 Å². The first-order chi connectivity index (χ1) is 17.3. The van der Waals surface area contributed by atoms with Crippen molar-refractivity contribution >= 4 is 46.4 Å². The monoisotopic (exact) mass is 521 g/mol. The van der Waals surface area contributed by atoms with Crippen LogP contribution in [0.3, 0.4) is 0 Å². The molecule has 1 aliphatic heterocycles. The van der Waals surface area contributed by atoms with Crippen LogP contribution in [0.15, 0.2) is 78.3 Å². The Hall–Kier alpha value is -4.28. The summed E-state index contributed by atoms with van der Waals surface area (Å²) in [7, 11) is 0. The summed E-state index contributed by atoms with van der Waals surface area (Å²) >= 11 is 12.4. The van der Waals surface area contributed by atoms with Crippen molar-refractivity contribution in [2.75, 3.05) is 10.6 Å². The van der Waals surface area contributed by atoms with E-state index in [1.807, 2.05) is 0 Å². The van der Waals surface area contributed by atoms with Crippen LogP contribution in [-0.2, 0) is 4.79 Å². The van der Waals surface area contributed by atoms with Gasteiger partial charge in [-0.15, -0.1) is 5.10 Å². The SMILES string of the molecule is CC1=C(C(=O)Nc2cccnc2)C(c2ccc([N+](=O)[O-])cc2)n2nc(-c3ccc(Cl)cc3Cl)nc2N1. The second-order valence-electron chi connectivity index (χ2n) is 7.94. The van der Waals surface area contributed by atoms with E-state index >= 15 is 0 Å². The first-order valence-corrected chi connectivity index (χ1v) is 11.4. The Labute approximate surface area is 214 Å². The van der Waals surface area contributed by atoms with Crippen LogP contribution in [0.2, 0.25) is 10.0 Å². The first-order valence-electron chi connectivity index (χ1n) is 10.7. The molecular weight excluding hydrogens is 505 g/mol. The van der Waals surface area contributed by atoms with E-state index in [0.717, 1.165) is 0 Å². The van der Waals surface area contributed by atoms with E-state index in [0.29, 0.717) is 49.9 Å². The number of carbonyl (C=O) groups excluding carboxylic acids is 1. The first kappa shape index (κ1) is 23.5. The van der Waals surface area contributed by atoms with Crippen LogP contribution in [0.4, 0.5) is 17.3 Å². The van der Waals surface area contributed by atoms with Gasteiger partial charge in [-0.1, -0.05) is 23.2 Å². The van der Waals surface area contributed by atoms with Crippen molar-refractivity contribution in [1.82, 2.24) is 19.7 Å². The number of non-ortho nitro benzene ring substituents is 1. The Balaban J connectivity index is 1.62. The quantitative estimate of drug-likeness (QED) is 0.262. The molecular formula is C24H17Cl2N7O3. The number of halogens is 2. The molecule has 1 atom stereocenters. The molecule has 4 aromatic rings. The fraction of sp³-hybridized carbons (Fsp3) is 0.0833. The molecule has 0 spiro atoms. The Morgan fingerprint density at radius 1 is 1.17 bits per heavy atom. The molecule has 5 rings (SSSR count). The van der Waals surface area contributed by atoms with E-state index < -0.39 is 11.0 Å². The summed E-state index contributed by atoms with van der Waals surface area (Å²) in [5.74, 6) is 0.325. The van der Waals surface area contributed by atoms with E-state index in [4.69, 9.17) is 23.2 Å². The van der Waals surface area contributed by atoms with Crippen molar-refractivity contribution in [1.29, 1.82) is 0 Å². The van der Waals surface area contributed by atoms with Crippen LogP contribution < -0.4 is 10.6 Å². The number of benzene rings is 2. The summed E-state index contributed by atoms with van der Waals surface area (Å²) < 4.78 is 1.56. The number of allylic oxidation sites excluding steroid dienone is 1. The Morgan fingerprint density at radius 3 is 2.61 bits per heavy atom. The minimum absolute atomic E-state index is 0.0674. The smallest absolute Gasteiger partial charge is 0.269 e. The molecule has 0 fully saturated rings. The molecule has 3 heterocycles. The van der Waals surface area contributed by atoms with Gasteiger partial charge in [-0.3, -0.25) is 19.9 Å². The van der Waals surface area contributed by atoms with Crippen molar-refractivity contribution in [2.24, 2.45) is 0 Å². The minimum atomic E-state index is -0.731. The Bertz CT molecular complexity index is 1520. The predicted molar refractivity (Wildman–Crippen MR) is 136 cm³/mol. The number of anilines is 2. The molecule has 0 saturated carbocycles. The van der Waals surface area contributed by atoms with Crippen LogP contribution in [0, 0.1) is 10.1 Å². The summed E-state index contributed by atoms with van der Waals surface area (Å²) in [6.45, 7) is 1.75. The van der Waals surface area contributed by atoms with E-state index in [-0.39, 0.29) is 11.6 Å². The van der Waals surface area contributed by atoms with Crippen molar-refractivity contribution < 1.29 is 9.72 Å². The number of nitro benzene ring substituents is 1. The molecule has 12 heteroatoms. The number of nitro groups is 1. The fourth-order valence-corrected chi connectivity index (χ4v) is 4.44. The molecule has 2 aromatic carbocycles. The van der Waals surface area contributed by atoms with Crippen molar-refractivity contribution in [3.8, 4) is 11.4 Å². The van der Waals surface area contributed by atoms with Crippen molar-refractivity contribution in [3.05, 3.63) is 104 Å². The van der Waals surface area contributed by atoms with Gasteiger partial charge in [0.25, 0.3) is 11.6 Å². The standard InChI is InChI=1S/C24H17Cl2N7O3/c1-13-20(23(34)29-16-3-2-10-27-12-16)21(14-4-7-17(8-5-14)33(35)36)32-24(28-13)30-22(31-32)18-9-6-15(25)11-19(18)26/h2-12,21H,1H3,(H,29,34)(H,28,30,31). The van der Waals surface area contributed by atoms with Gasteiger partial charge in [0.05, 0.1) is 27.4 Å². The Morgan fingerprint density at radius 2 is 1.94 bits per heavy atom. The number of nitrogens with zero attached hydrogens (tertiary/aromatic N) is 5. The zero-order valence-corrected chi connectivity index (χ0v) is 20.2. The molecule has 180 valence electrons. The number of hydrogen-bond acceptors (Lipinski definition) is 7. The van der Waals surface area contributed by atoms with Gasteiger partial charge >= 0.3 is 0 Å². The summed E-state index contributed by atoms with van der Waals surface area (Å²) in [4.78, 5) is 32.8. The maximum absolute atomic E-state index is 13.5. The number of fused-ring (bicyclic) bond motifs is 1. The maximum atomic E-state index is 13.5. The lowest BCUT2D eigenvalue weighted by molar-refractivity contribution is -0.384. The third-order valence-corrected chi connectivity index (χ3v) is 6.16. The summed E-state index contributed by atoms with van der Waals surface area (Å²) in [6.07, 6.45) is 3.14. The Kier molecular flexibility index (Phi) is 6.13. The molecule has 0 aliphatic carbocycles. The molecule has 1 unspecified atom stereocenters. The molecule has 0 radical (unpaired) electrons. The molecule has 0 saturated heterocycles. The fourth-order valence-electron chi connectivity index (χ4n) is 3.95.